The molecule has 0 atom stereocenters. The van der Waals surface area contributed by atoms with Gasteiger partial charge in [-0.3, -0.25) is 9.59 Å². The van der Waals surface area contributed by atoms with Crippen molar-refractivity contribution in [3.05, 3.63) is 70.5 Å². The van der Waals surface area contributed by atoms with Crippen LogP contribution in [0.1, 0.15) is 55.4 Å². The fraction of sp³-hybridized carbons (Fsp3) is 0.370. The third kappa shape index (κ3) is 6.02. The first-order valence-electron chi connectivity index (χ1n) is 12.3. The Morgan fingerprint density at radius 1 is 1.16 bits per heavy atom. The highest BCUT2D eigenvalue weighted by Gasteiger charge is 2.38. The van der Waals surface area contributed by atoms with Crippen LogP contribution in [-0.2, 0) is 11.2 Å². The van der Waals surface area contributed by atoms with Gasteiger partial charge in [-0.15, -0.1) is 0 Å². The Morgan fingerprint density at radius 3 is 2.53 bits per heavy atom. The Labute approximate surface area is 225 Å². The number of carboxylic acid groups (broad SMARTS) is 1. The molecule has 0 unspecified atom stereocenters. The van der Waals surface area contributed by atoms with Crippen molar-refractivity contribution < 1.29 is 19.1 Å². The van der Waals surface area contributed by atoms with Crippen molar-refractivity contribution in [2.75, 3.05) is 29.9 Å². The van der Waals surface area contributed by atoms with E-state index in [9.17, 15) is 14.0 Å². The summed E-state index contributed by atoms with van der Waals surface area (Å²) in [6, 6.07) is 7.96. The van der Waals surface area contributed by atoms with Crippen LogP contribution in [0.15, 0.2) is 42.7 Å². The maximum atomic E-state index is 13.9. The highest BCUT2D eigenvalue weighted by atomic mass is 35.5. The van der Waals surface area contributed by atoms with E-state index in [4.69, 9.17) is 16.7 Å². The zero-order chi connectivity index (χ0) is 27.6. The fourth-order valence-corrected chi connectivity index (χ4v) is 4.58. The number of aliphatic carboxylic acids is 1. The van der Waals surface area contributed by atoms with Gasteiger partial charge in [-0.2, -0.15) is 0 Å². The molecule has 0 saturated carbocycles. The van der Waals surface area contributed by atoms with Crippen LogP contribution in [0, 0.1) is 5.82 Å². The molecule has 2 N–H and O–H groups in total. The molecule has 0 radical (unpaired) electrons. The second kappa shape index (κ2) is 10.9. The van der Waals surface area contributed by atoms with Crippen molar-refractivity contribution in [3.63, 3.8) is 0 Å². The lowest BCUT2D eigenvalue weighted by Gasteiger charge is -2.47. The molecule has 0 spiro atoms. The van der Waals surface area contributed by atoms with Gasteiger partial charge in [0.1, 0.15) is 17.3 Å². The van der Waals surface area contributed by atoms with Gasteiger partial charge in [-0.05, 0) is 49.6 Å². The molecule has 0 aliphatic carbocycles. The summed E-state index contributed by atoms with van der Waals surface area (Å²) in [5, 5.41) is 12.1. The van der Waals surface area contributed by atoms with Crippen LogP contribution in [0.5, 0.6) is 0 Å². The number of aromatic nitrogens is 3. The van der Waals surface area contributed by atoms with Gasteiger partial charge in [0.2, 0.25) is 0 Å². The zero-order valence-electron chi connectivity index (χ0n) is 21.7. The standard InChI is InChI=1S/C27H30ClFN6O3/c1-16(2)24-25(32-18-6-7-19(28)20(29)12-18)31-14-21(33-24)26(38)35-10-9-34(15-27(35,3)4)22-8-5-17(13-30-22)11-23(36)37/h5-8,12-14,16H,9-11,15H2,1-4H3,(H,31,32)(H,36,37). The summed E-state index contributed by atoms with van der Waals surface area (Å²) < 4.78 is 13.9. The maximum Gasteiger partial charge on any atom is 0.307 e. The van der Waals surface area contributed by atoms with Crippen molar-refractivity contribution in [2.45, 2.75) is 45.6 Å². The van der Waals surface area contributed by atoms with Crippen LogP contribution in [0.25, 0.3) is 0 Å². The first-order chi connectivity index (χ1) is 17.9. The fourth-order valence-electron chi connectivity index (χ4n) is 4.46. The number of carbonyl (C=O) groups excluding carboxylic acids is 1. The number of rotatable bonds is 7. The molecule has 11 heteroatoms. The van der Waals surface area contributed by atoms with Crippen LogP contribution in [-0.4, -0.2) is 62.0 Å². The molecule has 1 aliphatic heterocycles. The van der Waals surface area contributed by atoms with Crippen LogP contribution < -0.4 is 10.2 Å². The van der Waals surface area contributed by atoms with E-state index in [1.807, 2.05) is 33.8 Å². The van der Waals surface area contributed by atoms with Gasteiger partial charge in [-0.25, -0.2) is 19.3 Å². The number of nitrogens with one attached hydrogen (secondary N) is 1. The third-order valence-corrected chi connectivity index (χ3v) is 6.69. The summed E-state index contributed by atoms with van der Waals surface area (Å²) >= 11 is 5.79. The topological polar surface area (TPSA) is 112 Å². The first kappa shape index (κ1) is 27.3. The summed E-state index contributed by atoms with van der Waals surface area (Å²) in [7, 11) is 0. The first-order valence-corrected chi connectivity index (χ1v) is 12.6. The van der Waals surface area contributed by atoms with E-state index in [2.05, 4.69) is 25.2 Å². The predicted octanol–water partition coefficient (Wildman–Crippen LogP) is 4.90. The molecule has 1 fully saturated rings. The van der Waals surface area contributed by atoms with Crippen molar-refractivity contribution >= 4 is 40.8 Å². The van der Waals surface area contributed by atoms with E-state index in [1.54, 1.807) is 23.2 Å². The molecular formula is C27H30ClFN6O3. The lowest BCUT2D eigenvalue weighted by atomic mass is 9.98. The summed E-state index contributed by atoms with van der Waals surface area (Å²) in [6.45, 7) is 9.41. The number of pyridine rings is 1. The molecule has 2 aromatic heterocycles. The van der Waals surface area contributed by atoms with Gasteiger partial charge in [0.05, 0.1) is 28.9 Å². The van der Waals surface area contributed by atoms with Crippen molar-refractivity contribution in [1.29, 1.82) is 0 Å². The Kier molecular flexibility index (Phi) is 7.82. The number of piperazine rings is 1. The molecule has 3 heterocycles. The average molecular weight is 541 g/mol. The molecule has 1 aliphatic rings. The van der Waals surface area contributed by atoms with Crippen LogP contribution in [0.2, 0.25) is 5.02 Å². The summed E-state index contributed by atoms with van der Waals surface area (Å²) in [5.74, 6) is -0.544. The quantitative estimate of drug-likeness (QED) is 0.435. The van der Waals surface area contributed by atoms with Gasteiger partial charge < -0.3 is 20.2 Å². The minimum atomic E-state index is -0.903. The minimum absolute atomic E-state index is 0.0281. The number of hydrogen-bond donors (Lipinski definition) is 2. The van der Waals surface area contributed by atoms with Crippen molar-refractivity contribution in [3.8, 4) is 0 Å². The number of nitrogens with zero attached hydrogens (tertiary/aromatic N) is 5. The van der Waals surface area contributed by atoms with Crippen LogP contribution in [0.3, 0.4) is 0 Å². The van der Waals surface area contributed by atoms with Crippen molar-refractivity contribution in [2.24, 2.45) is 0 Å². The van der Waals surface area contributed by atoms with E-state index in [1.165, 1.54) is 18.3 Å². The number of benzene rings is 1. The van der Waals surface area contributed by atoms with E-state index in [0.29, 0.717) is 42.4 Å². The van der Waals surface area contributed by atoms with Crippen LogP contribution >= 0.6 is 11.6 Å². The van der Waals surface area contributed by atoms with E-state index in [0.717, 1.165) is 5.82 Å². The summed E-state index contributed by atoms with van der Waals surface area (Å²) in [6.07, 6.45) is 2.93. The number of hydrogen-bond acceptors (Lipinski definition) is 7. The molecule has 1 amide bonds. The minimum Gasteiger partial charge on any atom is -0.481 e. The van der Waals surface area contributed by atoms with Gasteiger partial charge in [0.15, 0.2) is 5.82 Å². The summed E-state index contributed by atoms with van der Waals surface area (Å²) in [5.41, 5.74) is 1.40. The average Bonchev–Trinajstić information content (AvgIpc) is 2.85. The monoisotopic (exact) mass is 540 g/mol. The molecule has 200 valence electrons. The lowest BCUT2D eigenvalue weighted by Crippen LogP contribution is -2.61. The lowest BCUT2D eigenvalue weighted by molar-refractivity contribution is -0.136. The second-order valence-electron chi connectivity index (χ2n) is 10.2. The molecule has 38 heavy (non-hydrogen) atoms. The smallest absolute Gasteiger partial charge is 0.307 e. The van der Waals surface area contributed by atoms with E-state index < -0.39 is 17.3 Å². The van der Waals surface area contributed by atoms with Crippen molar-refractivity contribution in [1.82, 2.24) is 19.9 Å². The van der Waals surface area contributed by atoms with Gasteiger partial charge >= 0.3 is 5.97 Å². The largest absolute Gasteiger partial charge is 0.481 e. The van der Waals surface area contributed by atoms with E-state index in [-0.39, 0.29) is 29.0 Å². The molecule has 1 aromatic carbocycles. The molecule has 4 rings (SSSR count). The molecule has 3 aromatic rings. The maximum absolute atomic E-state index is 13.9. The van der Waals surface area contributed by atoms with Gasteiger partial charge in [0.25, 0.3) is 5.91 Å². The molecule has 1 saturated heterocycles. The highest BCUT2D eigenvalue weighted by Crippen LogP contribution is 2.29. The third-order valence-electron chi connectivity index (χ3n) is 6.38. The van der Waals surface area contributed by atoms with Gasteiger partial charge in [0, 0.05) is 31.5 Å². The number of amides is 1. The van der Waals surface area contributed by atoms with Crippen LogP contribution in [0.4, 0.5) is 21.7 Å². The molecule has 9 nitrogen and oxygen atoms in total. The van der Waals surface area contributed by atoms with E-state index >= 15 is 0 Å². The number of carboxylic acids is 1. The normalized spacial score (nSPS) is 15.0. The SMILES string of the molecule is CC(C)c1nc(C(=O)N2CCN(c3ccc(CC(=O)O)cn3)CC2(C)C)cnc1Nc1ccc(Cl)c(F)c1. The predicted molar refractivity (Wildman–Crippen MR) is 144 cm³/mol. The Balaban J connectivity index is 1.51. The Hall–Kier alpha value is -3.79. The highest BCUT2D eigenvalue weighted by molar-refractivity contribution is 6.30. The zero-order valence-corrected chi connectivity index (χ0v) is 22.5. The number of halogens is 2. The Bertz CT molecular complexity index is 1350. The molecular weight excluding hydrogens is 511 g/mol. The molecule has 0 bridgehead atoms. The second-order valence-corrected chi connectivity index (χ2v) is 10.6. The Morgan fingerprint density at radius 2 is 1.92 bits per heavy atom. The van der Waals surface area contributed by atoms with Gasteiger partial charge in [-0.1, -0.05) is 31.5 Å². The number of carbonyl (C=O) groups is 2. The number of anilines is 3. The summed E-state index contributed by atoms with van der Waals surface area (Å²) in [4.78, 5) is 41.9.